The van der Waals surface area contributed by atoms with E-state index in [-0.39, 0.29) is 0 Å². The second-order valence-electron chi connectivity index (χ2n) is 2.95. The Bertz CT molecular complexity index is 230. The molecule has 66 valence electrons. The molecule has 0 saturated carbocycles. The molecule has 1 aromatic rings. The highest BCUT2D eigenvalue weighted by Gasteiger charge is 1.97. The molecule has 0 amide bonds. The van der Waals surface area contributed by atoms with Crippen LogP contribution in [0.15, 0.2) is 24.3 Å². The average molecular weight is 184 g/mol. The van der Waals surface area contributed by atoms with Crippen LogP contribution in [0.4, 0.5) is 5.69 Å². The van der Waals surface area contributed by atoms with Gasteiger partial charge in [0.2, 0.25) is 0 Å². The summed E-state index contributed by atoms with van der Waals surface area (Å²) in [7, 11) is 2.05. The van der Waals surface area contributed by atoms with Crippen LogP contribution < -0.4 is 4.90 Å². The van der Waals surface area contributed by atoms with Crippen molar-refractivity contribution in [2.75, 3.05) is 24.4 Å². The van der Waals surface area contributed by atoms with Gasteiger partial charge < -0.3 is 4.90 Å². The standard InChI is InChI=1S/C10H14ClN/c1-9-3-5-10(6-4-9)12(2)8-7-11/h3-6H,7-8H2,1-2H3. The van der Waals surface area contributed by atoms with Gasteiger partial charge in [-0.15, -0.1) is 11.6 Å². The highest BCUT2D eigenvalue weighted by Crippen LogP contribution is 2.12. The first-order valence-corrected chi connectivity index (χ1v) is 4.61. The summed E-state index contributed by atoms with van der Waals surface area (Å²) in [6.07, 6.45) is 0. The third-order valence-electron chi connectivity index (χ3n) is 1.89. The molecule has 0 N–H and O–H groups in total. The third-order valence-corrected chi connectivity index (χ3v) is 2.06. The van der Waals surface area contributed by atoms with Gasteiger partial charge in [0.1, 0.15) is 0 Å². The molecule has 0 fully saturated rings. The van der Waals surface area contributed by atoms with Gasteiger partial charge in [-0.25, -0.2) is 0 Å². The van der Waals surface area contributed by atoms with Crippen LogP contribution in [-0.2, 0) is 0 Å². The Kier molecular flexibility index (Phi) is 3.42. The van der Waals surface area contributed by atoms with Crippen molar-refractivity contribution < 1.29 is 0 Å². The maximum Gasteiger partial charge on any atom is 0.0399 e. The Morgan fingerprint density at radius 3 is 2.33 bits per heavy atom. The number of hydrogen-bond acceptors (Lipinski definition) is 1. The van der Waals surface area contributed by atoms with Crippen molar-refractivity contribution in [2.45, 2.75) is 6.92 Å². The minimum absolute atomic E-state index is 0.671. The summed E-state index contributed by atoms with van der Waals surface area (Å²) in [4.78, 5) is 2.15. The molecule has 0 atom stereocenters. The predicted molar refractivity (Wildman–Crippen MR) is 55.2 cm³/mol. The Morgan fingerprint density at radius 2 is 1.83 bits per heavy atom. The smallest absolute Gasteiger partial charge is 0.0399 e. The molecule has 2 heteroatoms. The fourth-order valence-corrected chi connectivity index (χ4v) is 1.31. The normalized spacial score (nSPS) is 9.92. The molecule has 1 nitrogen and oxygen atoms in total. The summed E-state index contributed by atoms with van der Waals surface area (Å²) in [5.41, 5.74) is 2.51. The maximum atomic E-state index is 5.64. The third kappa shape index (κ3) is 2.42. The first-order valence-electron chi connectivity index (χ1n) is 4.08. The van der Waals surface area contributed by atoms with Crippen molar-refractivity contribution in [3.8, 4) is 0 Å². The fourth-order valence-electron chi connectivity index (χ4n) is 1.06. The maximum absolute atomic E-state index is 5.64. The molecular formula is C10H14ClN. The van der Waals surface area contributed by atoms with Gasteiger partial charge in [-0.05, 0) is 19.1 Å². The zero-order chi connectivity index (χ0) is 8.97. The van der Waals surface area contributed by atoms with E-state index >= 15 is 0 Å². The minimum atomic E-state index is 0.671. The highest BCUT2D eigenvalue weighted by atomic mass is 35.5. The molecular weight excluding hydrogens is 170 g/mol. The number of alkyl halides is 1. The number of halogens is 1. The molecule has 0 bridgehead atoms. The molecule has 0 spiro atoms. The number of hydrogen-bond donors (Lipinski definition) is 0. The molecule has 0 aliphatic rings. The Labute approximate surface area is 79.0 Å². The number of rotatable bonds is 3. The zero-order valence-corrected chi connectivity index (χ0v) is 8.30. The summed E-state index contributed by atoms with van der Waals surface area (Å²) in [6, 6.07) is 8.45. The van der Waals surface area contributed by atoms with Crippen LogP contribution in [0, 0.1) is 6.92 Å². The van der Waals surface area contributed by atoms with Gasteiger partial charge in [-0.2, -0.15) is 0 Å². The molecule has 0 heterocycles. The number of anilines is 1. The topological polar surface area (TPSA) is 3.24 Å². The molecule has 0 unspecified atom stereocenters. The molecule has 0 radical (unpaired) electrons. The van der Waals surface area contributed by atoms with Crippen LogP contribution in [0.5, 0.6) is 0 Å². The molecule has 0 aliphatic heterocycles. The lowest BCUT2D eigenvalue weighted by molar-refractivity contribution is 0.973. The van der Waals surface area contributed by atoms with Gasteiger partial charge >= 0.3 is 0 Å². The molecule has 0 aliphatic carbocycles. The molecule has 0 aromatic heterocycles. The fraction of sp³-hybridized carbons (Fsp3) is 0.400. The largest absolute Gasteiger partial charge is 0.373 e. The molecule has 1 rings (SSSR count). The van der Waals surface area contributed by atoms with Gasteiger partial charge in [-0.3, -0.25) is 0 Å². The van der Waals surface area contributed by atoms with E-state index in [1.165, 1.54) is 11.3 Å². The van der Waals surface area contributed by atoms with Crippen LogP contribution in [0.1, 0.15) is 5.56 Å². The first kappa shape index (κ1) is 9.40. The minimum Gasteiger partial charge on any atom is -0.373 e. The van der Waals surface area contributed by atoms with Crippen LogP contribution in [0.3, 0.4) is 0 Å². The van der Waals surface area contributed by atoms with Crippen molar-refractivity contribution in [1.82, 2.24) is 0 Å². The van der Waals surface area contributed by atoms with E-state index in [1.807, 2.05) is 7.05 Å². The van der Waals surface area contributed by atoms with E-state index in [2.05, 4.69) is 36.1 Å². The van der Waals surface area contributed by atoms with Crippen molar-refractivity contribution >= 4 is 17.3 Å². The van der Waals surface area contributed by atoms with E-state index in [0.717, 1.165) is 6.54 Å². The monoisotopic (exact) mass is 183 g/mol. The number of benzene rings is 1. The van der Waals surface area contributed by atoms with E-state index in [4.69, 9.17) is 11.6 Å². The van der Waals surface area contributed by atoms with Crippen LogP contribution in [-0.4, -0.2) is 19.5 Å². The Hall–Kier alpha value is -0.690. The quantitative estimate of drug-likeness (QED) is 0.652. The van der Waals surface area contributed by atoms with Gasteiger partial charge in [0.15, 0.2) is 0 Å². The summed E-state index contributed by atoms with van der Waals surface area (Å²) < 4.78 is 0. The lowest BCUT2D eigenvalue weighted by Gasteiger charge is -2.17. The predicted octanol–water partition coefficient (Wildman–Crippen LogP) is 2.67. The van der Waals surface area contributed by atoms with E-state index < -0.39 is 0 Å². The van der Waals surface area contributed by atoms with E-state index in [0.29, 0.717) is 5.88 Å². The Morgan fingerprint density at radius 1 is 1.25 bits per heavy atom. The Balaban J connectivity index is 2.68. The summed E-state index contributed by atoms with van der Waals surface area (Å²) in [5.74, 6) is 0.671. The van der Waals surface area contributed by atoms with Gasteiger partial charge in [0.25, 0.3) is 0 Å². The van der Waals surface area contributed by atoms with Crippen molar-refractivity contribution in [3.05, 3.63) is 29.8 Å². The lowest BCUT2D eigenvalue weighted by Crippen LogP contribution is -2.19. The van der Waals surface area contributed by atoms with Crippen molar-refractivity contribution in [2.24, 2.45) is 0 Å². The average Bonchev–Trinajstić information content (AvgIpc) is 2.06. The summed E-state index contributed by atoms with van der Waals surface area (Å²) >= 11 is 5.64. The zero-order valence-electron chi connectivity index (χ0n) is 7.55. The molecule has 0 saturated heterocycles. The van der Waals surface area contributed by atoms with Crippen molar-refractivity contribution in [3.63, 3.8) is 0 Å². The second-order valence-corrected chi connectivity index (χ2v) is 3.32. The second kappa shape index (κ2) is 4.36. The summed E-state index contributed by atoms with van der Waals surface area (Å²) in [6.45, 7) is 2.98. The van der Waals surface area contributed by atoms with Gasteiger partial charge in [-0.1, -0.05) is 17.7 Å². The number of aryl methyl sites for hydroxylation is 1. The van der Waals surface area contributed by atoms with Gasteiger partial charge in [0, 0.05) is 25.2 Å². The summed E-state index contributed by atoms with van der Waals surface area (Å²) in [5, 5.41) is 0. The van der Waals surface area contributed by atoms with Crippen molar-refractivity contribution in [1.29, 1.82) is 0 Å². The van der Waals surface area contributed by atoms with Crippen LogP contribution in [0.25, 0.3) is 0 Å². The SMILES string of the molecule is Cc1ccc(N(C)CCCl)cc1. The number of nitrogens with zero attached hydrogens (tertiary/aromatic N) is 1. The van der Waals surface area contributed by atoms with Crippen LogP contribution in [0.2, 0.25) is 0 Å². The lowest BCUT2D eigenvalue weighted by atomic mass is 10.2. The van der Waals surface area contributed by atoms with Crippen LogP contribution >= 0.6 is 11.6 Å². The molecule has 12 heavy (non-hydrogen) atoms. The highest BCUT2D eigenvalue weighted by molar-refractivity contribution is 6.18. The van der Waals surface area contributed by atoms with E-state index in [9.17, 15) is 0 Å². The van der Waals surface area contributed by atoms with Gasteiger partial charge in [0.05, 0.1) is 0 Å². The molecule has 1 aromatic carbocycles. The van der Waals surface area contributed by atoms with E-state index in [1.54, 1.807) is 0 Å². The first-order chi connectivity index (χ1) is 5.74.